The molecule has 60 valence electrons. The second kappa shape index (κ2) is 3.94. The van der Waals surface area contributed by atoms with Crippen LogP contribution in [0.4, 0.5) is 0 Å². The largest absolute Gasteiger partial charge is 0.382 e. The van der Waals surface area contributed by atoms with Gasteiger partial charge >= 0.3 is 0 Å². The van der Waals surface area contributed by atoms with Crippen LogP contribution in [0.25, 0.3) is 0 Å². The smallest absolute Gasteiger partial charge is 0.0810 e. The van der Waals surface area contributed by atoms with Crippen LogP contribution in [-0.4, -0.2) is 26.4 Å². The molecule has 1 aliphatic heterocycles. The highest BCUT2D eigenvalue weighted by molar-refractivity contribution is 4.67. The van der Waals surface area contributed by atoms with Crippen LogP contribution >= 0.6 is 0 Å². The number of hydrogen-bond donors (Lipinski definition) is 0. The van der Waals surface area contributed by atoms with Crippen molar-refractivity contribution in [2.24, 2.45) is 5.92 Å². The van der Waals surface area contributed by atoms with Gasteiger partial charge in [-0.3, -0.25) is 0 Å². The van der Waals surface area contributed by atoms with Crippen molar-refractivity contribution in [3.8, 4) is 0 Å². The third-order valence-corrected chi connectivity index (χ3v) is 1.98. The molecule has 1 heterocycles. The predicted octanol–water partition coefficient (Wildman–Crippen LogP) is 1.45. The van der Waals surface area contributed by atoms with E-state index in [1.807, 2.05) is 0 Å². The first-order valence-electron chi connectivity index (χ1n) is 3.93. The van der Waals surface area contributed by atoms with E-state index in [4.69, 9.17) is 9.47 Å². The van der Waals surface area contributed by atoms with Gasteiger partial charge in [-0.2, -0.15) is 0 Å². The van der Waals surface area contributed by atoms with Crippen molar-refractivity contribution in [2.45, 2.75) is 25.9 Å². The highest BCUT2D eigenvalue weighted by Crippen LogP contribution is 2.18. The summed E-state index contributed by atoms with van der Waals surface area (Å²) < 4.78 is 10.5. The van der Waals surface area contributed by atoms with E-state index >= 15 is 0 Å². The highest BCUT2D eigenvalue weighted by atomic mass is 16.5. The van der Waals surface area contributed by atoms with Crippen molar-refractivity contribution in [3.05, 3.63) is 0 Å². The SMILES string of the molecule is COC[C@@H]1C[C@@H](C)CCO1. The second-order valence-corrected chi connectivity index (χ2v) is 3.08. The van der Waals surface area contributed by atoms with Crippen LogP contribution in [0.5, 0.6) is 0 Å². The van der Waals surface area contributed by atoms with Crippen molar-refractivity contribution in [3.63, 3.8) is 0 Å². The lowest BCUT2D eigenvalue weighted by atomic mass is 9.98. The molecule has 0 bridgehead atoms. The molecule has 1 aliphatic rings. The molecule has 2 heteroatoms. The Labute approximate surface area is 62.5 Å². The first-order chi connectivity index (χ1) is 4.83. The maximum absolute atomic E-state index is 5.46. The average Bonchev–Trinajstić information content (AvgIpc) is 1.88. The van der Waals surface area contributed by atoms with E-state index in [0.717, 1.165) is 25.6 Å². The van der Waals surface area contributed by atoms with Crippen LogP contribution in [0, 0.1) is 5.92 Å². The zero-order chi connectivity index (χ0) is 7.40. The molecule has 0 spiro atoms. The quantitative estimate of drug-likeness (QED) is 0.584. The summed E-state index contributed by atoms with van der Waals surface area (Å²) in [6.45, 7) is 3.94. The van der Waals surface area contributed by atoms with Gasteiger partial charge in [0.2, 0.25) is 0 Å². The van der Waals surface area contributed by atoms with Crippen molar-refractivity contribution >= 4 is 0 Å². The fourth-order valence-corrected chi connectivity index (χ4v) is 1.37. The molecule has 0 aliphatic carbocycles. The van der Waals surface area contributed by atoms with E-state index in [0.29, 0.717) is 6.10 Å². The maximum atomic E-state index is 5.46. The Morgan fingerprint density at radius 1 is 1.60 bits per heavy atom. The number of rotatable bonds is 2. The predicted molar refractivity (Wildman–Crippen MR) is 40.0 cm³/mol. The molecule has 10 heavy (non-hydrogen) atoms. The van der Waals surface area contributed by atoms with Crippen LogP contribution < -0.4 is 0 Å². The third-order valence-electron chi connectivity index (χ3n) is 1.98. The van der Waals surface area contributed by atoms with Gasteiger partial charge in [0.15, 0.2) is 0 Å². The summed E-state index contributed by atoms with van der Waals surface area (Å²) in [5.41, 5.74) is 0. The van der Waals surface area contributed by atoms with Gasteiger partial charge in [0.05, 0.1) is 12.7 Å². The summed E-state index contributed by atoms with van der Waals surface area (Å²) in [5.74, 6) is 0.814. The van der Waals surface area contributed by atoms with Crippen LogP contribution in [0.1, 0.15) is 19.8 Å². The molecule has 1 rings (SSSR count). The molecule has 0 N–H and O–H groups in total. The normalized spacial score (nSPS) is 34.2. The Morgan fingerprint density at radius 3 is 3.00 bits per heavy atom. The first-order valence-corrected chi connectivity index (χ1v) is 3.93. The minimum Gasteiger partial charge on any atom is -0.382 e. The Morgan fingerprint density at radius 2 is 2.40 bits per heavy atom. The van der Waals surface area contributed by atoms with Gasteiger partial charge in [-0.25, -0.2) is 0 Å². The molecule has 2 atom stereocenters. The maximum Gasteiger partial charge on any atom is 0.0810 e. The van der Waals surface area contributed by atoms with Gasteiger partial charge in [-0.05, 0) is 18.8 Å². The van der Waals surface area contributed by atoms with Gasteiger partial charge in [0, 0.05) is 13.7 Å². The molecule has 0 aromatic heterocycles. The summed E-state index contributed by atoms with van der Waals surface area (Å²) in [5, 5.41) is 0. The van der Waals surface area contributed by atoms with Gasteiger partial charge in [-0.1, -0.05) is 6.92 Å². The third kappa shape index (κ3) is 2.27. The molecule has 0 aromatic carbocycles. The Kier molecular flexibility index (Phi) is 3.16. The monoisotopic (exact) mass is 144 g/mol. The van der Waals surface area contributed by atoms with Crippen LogP contribution in [0.15, 0.2) is 0 Å². The summed E-state index contributed by atoms with van der Waals surface area (Å²) in [6.07, 6.45) is 2.72. The van der Waals surface area contributed by atoms with Crippen molar-refractivity contribution in [2.75, 3.05) is 20.3 Å². The molecular weight excluding hydrogens is 128 g/mol. The molecular formula is C8H16O2. The minimum absolute atomic E-state index is 0.355. The lowest BCUT2D eigenvalue weighted by Crippen LogP contribution is -2.27. The lowest BCUT2D eigenvalue weighted by Gasteiger charge is -2.26. The fraction of sp³-hybridized carbons (Fsp3) is 1.00. The Balaban J connectivity index is 2.18. The number of methoxy groups -OCH3 is 1. The van der Waals surface area contributed by atoms with Crippen LogP contribution in [0.3, 0.4) is 0 Å². The average molecular weight is 144 g/mol. The van der Waals surface area contributed by atoms with Crippen molar-refractivity contribution in [1.29, 1.82) is 0 Å². The standard InChI is InChI=1S/C8H16O2/c1-7-3-4-10-8(5-7)6-9-2/h7-8H,3-6H2,1-2H3/t7-,8-/m0/s1. The second-order valence-electron chi connectivity index (χ2n) is 3.08. The van der Waals surface area contributed by atoms with Gasteiger partial charge in [0.1, 0.15) is 0 Å². The zero-order valence-corrected chi connectivity index (χ0v) is 6.80. The zero-order valence-electron chi connectivity index (χ0n) is 6.80. The Bertz CT molecular complexity index is 91.3. The topological polar surface area (TPSA) is 18.5 Å². The Hall–Kier alpha value is -0.0800. The van der Waals surface area contributed by atoms with E-state index in [2.05, 4.69) is 6.92 Å². The molecule has 1 saturated heterocycles. The lowest BCUT2D eigenvalue weighted by molar-refractivity contribution is -0.0445. The van der Waals surface area contributed by atoms with Gasteiger partial charge in [0.25, 0.3) is 0 Å². The van der Waals surface area contributed by atoms with Gasteiger partial charge < -0.3 is 9.47 Å². The molecule has 0 aromatic rings. The number of ether oxygens (including phenoxy) is 2. The van der Waals surface area contributed by atoms with Crippen LogP contribution in [0.2, 0.25) is 0 Å². The highest BCUT2D eigenvalue weighted by Gasteiger charge is 2.18. The minimum atomic E-state index is 0.355. The van der Waals surface area contributed by atoms with E-state index < -0.39 is 0 Å². The van der Waals surface area contributed by atoms with E-state index in [-0.39, 0.29) is 0 Å². The van der Waals surface area contributed by atoms with Gasteiger partial charge in [-0.15, -0.1) is 0 Å². The van der Waals surface area contributed by atoms with E-state index in [9.17, 15) is 0 Å². The summed E-state index contributed by atoms with van der Waals surface area (Å²) in [7, 11) is 1.72. The summed E-state index contributed by atoms with van der Waals surface area (Å²) in [6, 6.07) is 0. The molecule has 2 nitrogen and oxygen atoms in total. The first kappa shape index (κ1) is 8.02. The van der Waals surface area contributed by atoms with E-state index in [1.54, 1.807) is 7.11 Å². The molecule has 0 unspecified atom stereocenters. The van der Waals surface area contributed by atoms with E-state index in [1.165, 1.54) is 6.42 Å². The molecule has 0 saturated carbocycles. The van der Waals surface area contributed by atoms with Crippen molar-refractivity contribution in [1.82, 2.24) is 0 Å². The van der Waals surface area contributed by atoms with Crippen LogP contribution in [-0.2, 0) is 9.47 Å². The number of hydrogen-bond acceptors (Lipinski definition) is 2. The molecule has 0 amide bonds. The van der Waals surface area contributed by atoms with Crippen molar-refractivity contribution < 1.29 is 9.47 Å². The molecule has 0 radical (unpaired) electrons. The summed E-state index contributed by atoms with van der Waals surface area (Å²) in [4.78, 5) is 0. The summed E-state index contributed by atoms with van der Waals surface area (Å²) >= 11 is 0. The molecule has 1 fully saturated rings. The fourth-order valence-electron chi connectivity index (χ4n) is 1.37.